The van der Waals surface area contributed by atoms with Gasteiger partial charge in [-0.05, 0) is 0 Å². The van der Waals surface area contributed by atoms with Crippen molar-refractivity contribution in [3.8, 4) is 0 Å². The van der Waals surface area contributed by atoms with Crippen LogP contribution in [0.3, 0.4) is 0 Å². The summed E-state index contributed by atoms with van der Waals surface area (Å²) in [6.45, 7) is -0.438. The number of carbonyl (C=O) groups excluding carboxylic acids is 1. The molecule has 0 unspecified atom stereocenters. The lowest BCUT2D eigenvalue weighted by Gasteiger charge is -2.13. The molecular formula is C8H12N4O5. The lowest BCUT2D eigenvalue weighted by atomic mass is 10.1. The molecule has 1 aliphatic heterocycles. The zero-order chi connectivity index (χ0) is 12.6. The Balaban J connectivity index is 2.19. The van der Waals surface area contributed by atoms with E-state index >= 15 is 0 Å². The molecular weight excluding hydrogens is 232 g/mol. The molecule has 9 nitrogen and oxygen atoms in total. The number of hydrogen-bond donors (Lipinski definition) is 4. The summed E-state index contributed by atoms with van der Waals surface area (Å²) in [6, 6.07) is 0. The minimum atomic E-state index is -1.27. The van der Waals surface area contributed by atoms with Crippen LogP contribution in [0.15, 0.2) is 6.33 Å². The first kappa shape index (κ1) is 11.9. The number of amides is 1. The lowest BCUT2D eigenvalue weighted by Crippen LogP contribution is -2.33. The van der Waals surface area contributed by atoms with E-state index < -0.39 is 37.1 Å². The summed E-state index contributed by atoms with van der Waals surface area (Å²) in [7, 11) is 0. The number of aliphatic hydroxyl groups is 3. The summed E-state index contributed by atoms with van der Waals surface area (Å²) < 4.78 is 6.25. The average molecular weight is 244 g/mol. The number of primary amides is 1. The fourth-order valence-electron chi connectivity index (χ4n) is 1.61. The van der Waals surface area contributed by atoms with E-state index in [9.17, 15) is 15.0 Å². The fourth-order valence-corrected chi connectivity index (χ4v) is 1.61. The molecule has 0 saturated carbocycles. The molecule has 1 aliphatic rings. The summed E-state index contributed by atoms with van der Waals surface area (Å²) in [5.41, 5.74) is 4.97. The van der Waals surface area contributed by atoms with Crippen molar-refractivity contribution in [2.45, 2.75) is 24.5 Å². The Hall–Kier alpha value is -1.55. The van der Waals surface area contributed by atoms with E-state index in [-0.39, 0.29) is 5.82 Å². The molecule has 0 aliphatic carbocycles. The van der Waals surface area contributed by atoms with Gasteiger partial charge in [-0.2, -0.15) is 0 Å². The summed E-state index contributed by atoms with van der Waals surface area (Å²) >= 11 is 0. The maximum atomic E-state index is 10.8. The average Bonchev–Trinajstić information content (AvgIpc) is 2.87. The Morgan fingerprint density at radius 2 is 2.24 bits per heavy atom. The maximum Gasteiger partial charge on any atom is 0.288 e. The third-order valence-corrected chi connectivity index (χ3v) is 2.51. The molecule has 0 aromatic carbocycles. The van der Waals surface area contributed by atoms with Crippen molar-refractivity contribution in [3.63, 3.8) is 0 Å². The van der Waals surface area contributed by atoms with Crippen molar-refractivity contribution < 1.29 is 24.9 Å². The Morgan fingerprint density at radius 3 is 2.71 bits per heavy atom. The molecule has 2 heterocycles. The van der Waals surface area contributed by atoms with Crippen LogP contribution in [0, 0.1) is 0 Å². The zero-order valence-electron chi connectivity index (χ0n) is 8.67. The second kappa shape index (κ2) is 4.37. The van der Waals surface area contributed by atoms with E-state index in [1.807, 2.05) is 0 Å². The summed E-state index contributed by atoms with van der Waals surface area (Å²) in [5, 5.41) is 31.8. The van der Waals surface area contributed by atoms with Crippen LogP contribution in [0.2, 0.25) is 0 Å². The number of rotatable bonds is 3. The lowest BCUT2D eigenvalue weighted by molar-refractivity contribution is -0.0588. The molecule has 0 bridgehead atoms. The predicted molar refractivity (Wildman–Crippen MR) is 51.5 cm³/mol. The largest absolute Gasteiger partial charge is 0.394 e. The van der Waals surface area contributed by atoms with Gasteiger partial charge in [0, 0.05) is 0 Å². The van der Waals surface area contributed by atoms with Crippen LogP contribution in [0.25, 0.3) is 0 Å². The van der Waals surface area contributed by atoms with Gasteiger partial charge < -0.3 is 25.8 Å². The molecule has 17 heavy (non-hydrogen) atoms. The van der Waals surface area contributed by atoms with Crippen molar-refractivity contribution in [1.82, 2.24) is 14.8 Å². The highest BCUT2D eigenvalue weighted by Gasteiger charge is 2.43. The predicted octanol–water partition coefficient (Wildman–Crippen LogP) is -3.01. The third-order valence-electron chi connectivity index (χ3n) is 2.51. The normalized spacial score (nSPS) is 32.9. The first-order valence-electron chi connectivity index (χ1n) is 4.88. The second-order valence-electron chi connectivity index (χ2n) is 3.64. The number of carbonyl (C=O) groups is 1. The standard InChI is InChI=1S/C8H12N4O5/c9-6(16)7-10-2-12(11-7)8-5(15)4(14)3(1-13)17-8/h2-5,8,13-15H,1H2,(H2,9,16)/t3-,4-,5-,8+/m1/s1. The molecule has 5 N–H and O–H groups in total. The summed E-state index contributed by atoms with van der Waals surface area (Å²) in [6.07, 6.45) is -3.26. The number of aliphatic hydroxyl groups excluding tert-OH is 3. The molecule has 0 spiro atoms. The van der Waals surface area contributed by atoms with E-state index in [1.54, 1.807) is 0 Å². The molecule has 94 valence electrons. The van der Waals surface area contributed by atoms with Gasteiger partial charge in [-0.25, -0.2) is 9.67 Å². The highest BCUT2D eigenvalue weighted by atomic mass is 16.6. The van der Waals surface area contributed by atoms with Gasteiger partial charge in [0.1, 0.15) is 24.6 Å². The number of aromatic nitrogens is 3. The smallest absolute Gasteiger partial charge is 0.288 e. The van der Waals surface area contributed by atoms with Gasteiger partial charge in [-0.1, -0.05) is 0 Å². The first-order valence-corrected chi connectivity index (χ1v) is 4.88. The SMILES string of the molecule is NC(=O)c1ncn([C@H]2O[C@H](CO)[C@@H](O)[C@H]2O)n1. The Kier molecular flexibility index (Phi) is 3.07. The van der Waals surface area contributed by atoms with Crippen LogP contribution >= 0.6 is 0 Å². The molecule has 1 saturated heterocycles. The number of nitrogens with zero attached hydrogens (tertiary/aromatic N) is 3. The Bertz CT molecular complexity index is 422. The quantitative estimate of drug-likeness (QED) is 0.443. The molecule has 1 aromatic rings. The van der Waals surface area contributed by atoms with Gasteiger partial charge in [0.2, 0.25) is 5.82 Å². The van der Waals surface area contributed by atoms with E-state index in [4.69, 9.17) is 15.6 Å². The van der Waals surface area contributed by atoms with E-state index in [0.717, 1.165) is 11.0 Å². The molecule has 1 amide bonds. The molecule has 2 rings (SSSR count). The number of ether oxygens (including phenoxy) is 1. The molecule has 1 aromatic heterocycles. The molecule has 0 radical (unpaired) electrons. The highest BCUT2D eigenvalue weighted by molar-refractivity contribution is 5.88. The van der Waals surface area contributed by atoms with E-state index in [0.29, 0.717) is 0 Å². The minimum absolute atomic E-state index is 0.220. The summed E-state index contributed by atoms with van der Waals surface area (Å²) in [5.74, 6) is -1.03. The first-order chi connectivity index (χ1) is 8.04. The number of hydrogen-bond acceptors (Lipinski definition) is 7. The van der Waals surface area contributed by atoms with Crippen LogP contribution in [0.4, 0.5) is 0 Å². The van der Waals surface area contributed by atoms with Crippen LogP contribution in [-0.4, -0.2) is 60.9 Å². The zero-order valence-corrected chi connectivity index (χ0v) is 8.67. The fraction of sp³-hybridized carbons (Fsp3) is 0.625. The van der Waals surface area contributed by atoms with E-state index in [2.05, 4.69) is 10.1 Å². The Morgan fingerprint density at radius 1 is 1.53 bits per heavy atom. The summed E-state index contributed by atoms with van der Waals surface area (Å²) in [4.78, 5) is 14.4. The van der Waals surface area contributed by atoms with Crippen molar-refractivity contribution in [2.24, 2.45) is 5.73 Å². The highest BCUT2D eigenvalue weighted by Crippen LogP contribution is 2.28. The van der Waals surface area contributed by atoms with Crippen molar-refractivity contribution in [3.05, 3.63) is 12.2 Å². The minimum Gasteiger partial charge on any atom is -0.394 e. The topological polar surface area (TPSA) is 144 Å². The molecule has 9 heteroatoms. The van der Waals surface area contributed by atoms with Crippen molar-refractivity contribution in [2.75, 3.05) is 6.61 Å². The third kappa shape index (κ3) is 2.00. The maximum absolute atomic E-state index is 10.8. The monoisotopic (exact) mass is 244 g/mol. The van der Waals surface area contributed by atoms with Crippen molar-refractivity contribution in [1.29, 1.82) is 0 Å². The van der Waals surface area contributed by atoms with Gasteiger partial charge in [0.05, 0.1) is 6.61 Å². The second-order valence-corrected chi connectivity index (χ2v) is 3.64. The Labute approximate surface area is 95.4 Å². The number of nitrogens with two attached hydrogens (primary N) is 1. The molecule has 4 atom stereocenters. The van der Waals surface area contributed by atoms with E-state index in [1.165, 1.54) is 0 Å². The van der Waals surface area contributed by atoms with Gasteiger partial charge in [0.15, 0.2) is 6.23 Å². The van der Waals surface area contributed by atoms with Gasteiger partial charge >= 0.3 is 0 Å². The van der Waals surface area contributed by atoms with Crippen LogP contribution in [0.1, 0.15) is 16.8 Å². The van der Waals surface area contributed by atoms with Crippen LogP contribution < -0.4 is 5.73 Å². The van der Waals surface area contributed by atoms with Crippen LogP contribution in [0.5, 0.6) is 0 Å². The van der Waals surface area contributed by atoms with Gasteiger partial charge in [0.25, 0.3) is 5.91 Å². The van der Waals surface area contributed by atoms with Gasteiger partial charge in [-0.15, -0.1) is 5.10 Å². The van der Waals surface area contributed by atoms with Gasteiger partial charge in [-0.3, -0.25) is 4.79 Å². The van der Waals surface area contributed by atoms with Crippen molar-refractivity contribution >= 4 is 5.91 Å². The molecule has 1 fully saturated rings. The van der Waals surface area contributed by atoms with Crippen LogP contribution in [-0.2, 0) is 4.74 Å².